The minimum absolute atomic E-state index is 0.405. The molecule has 0 N–H and O–H groups in total. The molecule has 2 rings (SSSR count). The Hall–Kier alpha value is -0.0400. The van der Waals surface area contributed by atoms with Gasteiger partial charge >= 0.3 is 0 Å². The third-order valence-electron chi connectivity index (χ3n) is 2.50. The van der Waals surface area contributed by atoms with Crippen LogP contribution in [0.5, 0.6) is 0 Å². The first-order valence-corrected chi connectivity index (χ1v) is 8.67. The number of halogens is 4. The molecular formula is C13H11Br3ClN3. The predicted molar refractivity (Wildman–Crippen MR) is 91.9 cm³/mol. The van der Waals surface area contributed by atoms with Gasteiger partial charge in [0.2, 0.25) is 0 Å². The minimum Gasteiger partial charge on any atom is -0.251 e. The molecule has 0 unspecified atom stereocenters. The first-order chi connectivity index (χ1) is 9.38. The fourth-order valence-electron chi connectivity index (χ4n) is 1.67. The van der Waals surface area contributed by atoms with Crippen molar-refractivity contribution in [3.8, 4) is 11.5 Å². The van der Waals surface area contributed by atoms with Crippen LogP contribution in [0.3, 0.4) is 0 Å². The van der Waals surface area contributed by atoms with Gasteiger partial charge in [0, 0.05) is 15.1 Å². The lowest BCUT2D eigenvalue weighted by atomic mass is 10.1. The van der Waals surface area contributed by atoms with Crippen molar-refractivity contribution in [1.82, 2.24) is 15.0 Å². The Bertz CT molecular complexity index is 647. The smallest absolute Gasteiger partial charge is 0.181 e. The van der Waals surface area contributed by atoms with E-state index in [0.29, 0.717) is 22.6 Å². The molecule has 7 heteroatoms. The Morgan fingerprint density at radius 2 is 1.90 bits per heavy atom. The molecular weight excluding hydrogens is 473 g/mol. The van der Waals surface area contributed by atoms with E-state index in [1.54, 1.807) is 6.20 Å². The van der Waals surface area contributed by atoms with Crippen molar-refractivity contribution >= 4 is 59.4 Å². The maximum Gasteiger partial charge on any atom is 0.181 e. The van der Waals surface area contributed by atoms with E-state index in [0.717, 1.165) is 25.5 Å². The van der Waals surface area contributed by atoms with Crippen molar-refractivity contribution in [1.29, 1.82) is 0 Å². The molecule has 106 valence electrons. The summed E-state index contributed by atoms with van der Waals surface area (Å²) in [5.74, 6) is 1.000. The molecule has 2 aromatic rings. The second-order valence-electron chi connectivity index (χ2n) is 4.68. The summed E-state index contributed by atoms with van der Waals surface area (Å²) in [6, 6.07) is 1.91. The lowest BCUT2D eigenvalue weighted by molar-refractivity contribution is 0.632. The Morgan fingerprint density at radius 1 is 1.20 bits per heavy atom. The van der Waals surface area contributed by atoms with Gasteiger partial charge in [-0.3, -0.25) is 4.98 Å². The highest BCUT2D eigenvalue weighted by Crippen LogP contribution is 2.31. The zero-order valence-corrected chi connectivity index (χ0v) is 16.3. The van der Waals surface area contributed by atoms with Gasteiger partial charge in [-0.1, -0.05) is 25.4 Å². The van der Waals surface area contributed by atoms with Gasteiger partial charge in [0.1, 0.15) is 10.8 Å². The van der Waals surface area contributed by atoms with Gasteiger partial charge in [0.25, 0.3) is 0 Å². The van der Waals surface area contributed by atoms with Crippen molar-refractivity contribution in [3.63, 3.8) is 0 Å². The average molecular weight is 484 g/mol. The Labute approximate surface area is 148 Å². The standard InChI is InChI=1S/C13H11Br3ClN3/c1-6(2)3-9-10(16)12(17)20-13(19-9)11-8(15)4-7(14)5-18-11/h4-6H,3H2,1-2H3. The van der Waals surface area contributed by atoms with Gasteiger partial charge in [0.15, 0.2) is 5.82 Å². The van der Waals surface area contributed by atoms with E-state index in [4.69, 9.17) is 11.6 Å². The molecule has 3 nitrogen and oxygen atoms in total. The quantitative estimate of drug-likeness (QED) is 0.527. The average Bonchev–Trinajstić information content (AvgIpc) is 2.34. The molecule has 0 radical (unpaired) electrons. The number of pyridine rings is 1. The van der Waals surface area contributed by atoms with E-state index in [2.05, 4.69) is 76.6 Å². The van der Waals surface area contributed by atoms with Crippen LogP contribution in [0.1, 0.15) is 19.5 Å². The molecule has 0 saturated carbocycles. The number of rotatable bonds is 3. The highest BCUT2D eigenvalue weighted by Gasteiger charge is 2.16. The summed E-state index contributed by atoms with van der Waals surface area (Å²) in [6.45, 7) is 4.27. The van der Waals surface area contributed by atoms with E-state index in [-0.39, 0.29) is 0 Å². The molecule has 0 bridgehead atoms. The largest absolute Gasteiger partial charge is 0.251 e. The Balaban J connectivity index is 2.54. The second-order valence-corrected chi connectivity index (χ2v) is 7.60. The minimum atomic E-state index is 0.405. The predicted octanol–water partition coefficient (Wildman–Crippen LogP) is 5.68. The molecule has 0 amide bonds. The summed E-state index contributed by atoms with van der Waals surface area (Å²) >= 11 is 16.5. The fourth-order valence-corrected chi connectivity index (χ4v) is 3.36. The van der Waals surface area contributed by atoms with E-state index in [1.807, 2.05) is 6.07 Å². The monoisotopic (exact) mass is 481 g/mol. The van der Waals surface area contributed by atoms with Gasteiger partial charge in [-0.25, -0.2) is 9.97 Å². The summed E-state index contributed by atoms with van der Waals surface area (Å²) in [5.41, 5.74) is 1.57. The molecule has 0 aliphatic rings. The van der Waals surface area contributed by atoms with Crippen molar-refractivity contribution in [2.24, 2.45) is 5.92 Å². The maximum atomic E-state index is 6.19. The summed E-state index contributed by atoms with van der Waals surface area (Å²) in [5, 5.41) is 0.405. The normalized spacial score (nSPS) is 11.2. The van der Waals surface area contributed by atoms with E-state index >= 15 is 0 Å². The Kier molecular flexibility index (Phi) is 5.56. The molecule has 0 fully saturated rings. The van der Waals surface area contributed by atoms with Crippen LogP contribution in [-0.2, 0) is 6.42 Å². The van der Waals surface area contributed by atoms with E-state index in [1.165, 1.54) is 0 Å². The molecule has 0 atom stereocenters. The van der Waals surface area contributed by atoms with Crippen LogP contribution in [0.15, 0.2) is 25.7 Å². The zero-order chi connectivity index (χ0) is 14.9. The molecule has 0 saturated heterocycles. The maximum absolute atomic E-state index is 6.19. The molecule has 0 aliphatic heterocycles. The van der Waals surface area contributed by atoms with Gasteiger partial charge in [-0.05, 0) is 66.2 Å². The number of aromatic nitrogens is 3. The number of hydrogen-bond donors (Lipinski definition) is 0. The molecule has 2 heterocycles. The number of hydrogen-bond acceptors (Lipinski definition) is 3. The molecule has 0 spiro atoms. The van der Waals surface area contributed by atoms with Crippen LogP contribution >= 0.6 is 59.4 Å². The zero-order valence-electron chi connectivity index (χ0n) is 10.8. The number of nitrogens with zero attached hydrogens (tertiary/aromatic N) is 3. The lowest BCUT2D eigenvalue weighted by Crippen LogP contribution is -2.03. The van der Waals surface area contributed by atoms with Crippen LogP contribution in [-0.4, -0.2) is 15.0 Å². The summed E-state index contributed by atoms with van der Waals surface area (Å²) in [7, 11) is 0. The molecule has 2 aromatic heterocycles. The van der Waals surface area contributed by atoms with Crippen LogP contribution < -0.4 is 0 Å². The van der Waals surface area contributed by atoms with Crippen LogP contribution in [0.2, 0.25) is 5.15 Å². The summed E-state index contributed by atoms with van der Waals surface area (Å²) in [4.78, 5) is 13.2. The van der Waals surface area contributed by atoms with Crippen LogP contribution in [0.25, 0.3) is 11.5 Å². The molecule has 0 aromatic carbocycles. The van der Waals surface area contributed by atoms with Gasteiger partial charge < -0.3 is 0 Å². The van der Waals surface area contributed by atoms with Gasteiger partial charge in [-0.15, -0.1) is 0 Å². The summed E-state index contributed by atoms with van der Waals surface area (Å²) in [6.07, 6.45) is 2.53. The lowest BCUT2D eigenvalue weighted by Gasteiger charge is -2.10. The highest BCUT2D eigenvalue weighted by atomic mass is 79.9. The van der Waals surface area contributed by atoms with E-state index in [9.17, 15) is 0 Å². The third kappa shape index (κ3) is 3.78. The second kappa shape index (κ2) is 6.81. The third-order valence-corrected chi connectivity index (χ3v) is 4.87. The van der Waals surface area contributed by atoms with Crippen LogP contribution in [0.4, 0.5) is 0 Å². The van der Waals surface area contributed by atoms with Crippen LogP contribution in [0, 0.1) is 5.92 Å². The molecule has 20 heavy (non-hydrogen) atoms. The SMILES string of the molecule is CC(C)Cc1nc(-c2ncc(Br)cc2Br)nc(Cl)c1Br. The topological polar surface area (TPSA) is 38.7 Å². The highest BCUT2D eigenvalue weighted by molar-refractivity contribution is 9.11. The molecule has 0 aliphatic carbocycles. The van der Waals surface area contributed by atoms with Crippen molar-refractivity contribution in [2.75, 3.05) is 0 Å². The van der Waals surface area contributed by atoms with E-state index < -0.39 is 0 Å². The van der Waals surface area contributed by atoms with Crippen molar-refractivity contribution < 1.29 is 0 Å². The Morgan fingerprint density at radius 3 is 2.50 bits per heavy atom. The first-order valence-electron chi connectivity index (χ1n) is 5.91. The van der Waals surface area contributed by atoms with Crippen molar-refractivity contribution in [2.45, 2.75) is 20.3 Å². The van der Waals surface area contributed by atoms with Gasteiger partial charge in [-0.2, -0.15) is 0 Å². The first kappa shape index (κ1) is 16.3. The summed E-state index contributed by atoms with van der Waals surface area (Å²) < 4.78 is 2.46. The van der Waals surface area contributed by atoms with Crippen molar-refractivity contribution in [3.05, 3.63) is 36.5 Å². The van der Waals surface area contributed by atoms with Gasteiger partial charge in [0.05, 0.1) is 10.2 Å². The fraction of sp³-hybridized carbons (Fsp3) is 0.308.